The molecule has 36 heavy (non-hydrogen) atoms. The van der Waals surface area contributed by atoms with Gasteiger partial charge in [0.25, 0.3) is 5.91 Å². The molecule has 4 N–H and O–H groups in total. The summed E-state index contributed by atoms with van der Waals surface area (Å²) < 4.78 is 11.1. The maximum absolute atomic E-state index is 13.2. The Kier molecular flexibility index (Phi) is 7.29. The predicted octanol–water partition coefficient (Wildman–Crippen LogP) is 3.76. The van der Waals surface area contributed by atoms with E-state index in [2.05, 4.69) is 21.6 Å². The Morgan fingerprint density at radius 2 is 2.00 bits per heavy atom. The van der Waals surface area contributed by atoms with Crippen molar-refractivity contribution in [3.63, 3.8) is 0 Å². The number of hydrazone groups is 1. The van der Waals surface area contributed by atoms with Crippen molar-refractivity contribution in [2.24, 2.45) is 5.10 Å². The van der Waals surface area contributed by atoms with E-state index < -0.39 is 0 Å². The van der Waals surface area contributed by atoms with Crippen LogP contribution in [0.4, 0.5) is 11.8 Å². The number of carbonyl (C=O) groups is 1. The zero-order valence-corrected chi connectivity index (χ0v) is 20.2. The first kappa shape index (κ1) is 24.5. The third kappa shape index (κ3) is 5.05. The van der Waals surface area contributed by atoms with Crippen LogP contribution in [-0.4, -0.2) is 41.3 Å². The second-order valence-electron chi connectivity index (χ2n) is 8.17. The molecular weight excluding hydrogens is 456 g/mol. The first-order valence-corrected chi connectivity index (χ1v) is 11.3. The van der Waals surface area contributed by atoms with Crippen LogP contribution >= 0.6 is 0 Å². The van der Waals surface area contributed by atoms with Crippen LogP contribution in [0.25, 0.3) is 6.08 Å². The van der Waals surface area contributed by atoms with Crippen LogP contribution in [0.15, 0.2) is 66.4 Å². The molecule has 0 saturated heterocycles. The van der Waals surface area contributed by atoms with Gasteiger partial charge in [0.2, 0.25) is 5.95 Å². The molecule has 4 rings (SSSR count). The summed E-state index contributed by atoms with van der Waals surface area (Å²) in [6, 6.07) is 11.4. The van der Waals surface area contributed by atoms with Crippen molar-refractivity contribution < 1.29 is 14.3 Å². The van der Waals surface area contributed by atoms with Crippen LogP contribution in [-0.2, 0) is 11.2 Å². The number of nitrogen functional groups attached to an aromatic ring is 2. The number of ether oxygens (including phenoxy) is 2. The number of methoxy groups -OCH3 is 2. The van der Waals surface area contributed by atoms with E-state index in [9.17, 15) is 4.79 Å². The SMILES string of the molecule is C=CCC1c2ccccc2C=NN1C(=O)/C=C/c1cc(Cc2cnc(N)nc2N)cc(OC)c1OC. The van der Waals surface area contributed by atoms with Gasteiger partial charge in [0, 0.05) is 29.8 Å². The average Bonchev–Trinajstić information content (AvgIpc) is 2.88. The van der Waals surface area contributed by atoms with Crippen LogP contribution in [0.3, 0.4) is 0 Å². The monoisotopic (exact) mass is 484 g/mol. The van der Waals surface area contributed by atoms with E-state index >= 15 is 0 Å². The fraction of sp³-hybridized carbons (Fsp3) is 0.185. The number of nitrogens with two attached hydrogens (primary N) is 2. The fourth-order valence-electron chi connectivity index (χ4n) is 4.17. The first-order valence-electron chi connectivity index (χ1n) is 11.3. The van der Waals surface area contributed by atoms with E-state index in [0.29, 0.717) is 35.7 Å². The van der Waals surface area contributed by atoms with E-state index in [4.69, 9.17) is 20.9 Å². The number of nitrogens with zero attached hydrogens (tertiary/aromatic N) is 4. The molecule has 1 unspecified atom stereocenters. The van der Waals surface area contributed by atoms with Gasteiger partial charge in [-0.05, 0) is 41.3 Å². The van der Waals surface area contributed by atoms with Gasteiger partial charge in [-0.1, -0.05) is 30.3 Å². The molecule has 1 amide bonds. The predicted molar refractivity (Wildman–Crippen MR) is 141 cm³/mol. The molecule has 0 radical (unpaired) electrons. The van der Waals surface area contributed by atoms with E-state index in [1.807, 2.05) is 36.4 Å². The number of benzene rings is 2. The van der Waals surface area contributed by atoms with Crippen LogP contribution in [0, 0.1) is 0 Å². The minimum Gasteiger partial charge on any atom is -0.493 e. The van der Waals surface area contributed by atoms with Crippen LogP contribution in [0.5, 0.6) is 11.5 Å². The second kappa shape index (κ2) is 10.7. The maximum atomic E-state index is 13.2. The number of rotatable bonds is 8. The minimum absolute atomic E-state index is 0.114. The molecule has 2 aromatic carbocycles. The Labute approximate surface area is 209 Å². The Morgan fingerprint density at radius 1 is 1.19 bits per heavy atom. The molecule has 1 atom stereocenters. The highest BCUT2D eigenvalue weighted by molar-refractivity contribution is 5.95. The smallest absolute Gasteiger partial charge is 0.267 e. The largest absolute Gasteiger partial charge is 0.493 e. The van der Waals surface area contributed by atoms with E-state index in [-0.39, 0.29) is 17.9 Å². The molecule has 0 fully saturated rings. The Bertz CT molecular complexity index is 1350. The molecule has 0 aliphatic carbocycles. The van der Waals surface area contributed by atoms with E-state index in [1.54, 1.807) is 38.8 Å². The van der Waals surface area contributed by atoms with Crippen molar-refractivity contribution in [2.75, 3.05) is 25.7 Å². The van der Waals surface area contributed by atoms with Crippen molar-refractivity contribution in [1.29, 1.82) is 0 Å². The summed E-state index contributed by atoms with van der Waals surface area (Å²) in [5, 5.41) is 5.89. The second-order valence-corrected chi connectivity index (χ2v) is 8.17. The highest BCUT2D eigenvalue weighted by Gasteiger charge is 2.27. The van der Waals surface area contributed by atoms with Gasteiger partial charge in [-0.3, -0.25) is 4.79 Å². The van der Waals surface area contributed by atoms with Gasteiger partial charge in [-0.15, -0.1) is 6.58 Å². The topological polar surface area (TPSA) is 129 Å². The molecule has 184 valence electrons. The van der Waals surface area contributed by atoms with Gasteiger partial charge in [0.15, 0.2) is 11.5 Å². The number of fused-ring (bicyclic) bond motifs is 1. The molecular formula is C27H28N6O3. The van der Waals surface area contributed by atoms with Crippen LogP contribution in [0.2, 0.25) is 0 Å². The zero-order chi connectivity index (χ0) is 25.7. The number of hydrogen-bond acceptors (Lipinski definition) is 8. The average molecular weight is 485 g/mol. The molecule has 3 aromatic rings. The zero-order valence-electron chi connectivity index (χ0n) is 20.2. The Hall–Kier alpha value is -4.66. The highest BCUT2D eigenvalue weighted by Crippen LogP contribution is 2.35. The molecule has 0 bridgehead atoms. The molecule has 0 spiro atoms. The minimum atomic E-state index is -0.268. The molecule has 1 aliphatic heterocycles. The van der Waals surface area contributed by atoms with Gasteiger partial charge in [0.1, 0.15) is 5.82 Å². The molecule has 1 aromatic heterocycles. The van der Waals surface area contributed by atoms with Gasteiger partial charge in [-0.2, -0.15) is 10.1 Å². The standard InChI is InChI=1S/C27H28N6O3/c1-4-7-22-21-9-6-5-8-19(21)16-31-33(22)24(34)11-10-18-12-17(14-23(35-2)25(18)36-3)13-20-15-30-27(29)32-26(20)28/h4-6,8-12,14-16,22H,1,7,13H2,2-3H3,(H4,28,29,30,32)/b11-10+. The lowest BCUT2D eigenvalue weighted by molar-refractivity contribution is -0.128. The lowest BCUT2D eigenvalue weighted by Gasteiger charge is -2.30. The van der Waals surface area contributed by atoms with Gasteiger partial charge < -0.3 is 20.9 Å². The maximum Gasteiger partial charge on any atom is 0.267 e. The number of aromatic nitrogens is 2. The fourth-order valence-corrected chi connectivity index (χ4v) is 4.17. The number of hydrogen-bond donors (Lipinski definition) is 2. The summed E-state index contributed by atoms with van der Waals surface area (Å²) >= 11 is 0. The van der Waals surface area contributed by atoms with E-state index in [0.717, 1.165) is 22.3 Å². The Balaban J connectivity index is 1.65. The van der Waals surface area contributed by atoms with Crippen molar-refractivity contribution in [3.05, 3.63) is 89.1 Å². The van der Waals surface area contributed by atoms with Gasteiger partial charge in [0.05, 0.1) is 26.5 Å². The Morgan fingerprint density at radius 3 is 2.72 bits per heavy atom. The summed E-state index contributed by atoms with van der Waals surface area (Å²) in [5.41, 5.74) is 15.9. The third-order valence-electron chi connectivity index (χ3n) is 5.87. The number of carbonyl (C=O) groups excluding carboxylic acids is 1. The van der Waals surface area contributed by atoms with E-state index in [1.165, 1.54) is 11.1 Å². The van der Waals surface area contributed by atoms with Crippen molar-refractivity contribution in [3.8, 4) is 11.5 Å². The number of anilines is 2. The summed E-state index contributed by atoms with van der Waals surface area (Å²) in [5.74, 6) is 1.17. The lowest BCUT2D eigenvalue weighted by atomic mass is 9.96. The quantitative estimate of drug-likeness (QED) is 0.368. The molecule has 9 nitrogen and oxygen atoms in total. The molecule has 1 aliphatic rings. The lowest BCUT2D eigenvalue weighted by Crippen LogP contribution is -2.32. The highest BCUT2D eigenvalue weighted by atomic mass is 16.5. The summed E-state index contributed by atoms with van der Waals surface area (Å²) in [7, 11) is 3.11. The van der Waals surface area contributed by atoms with Crippen LogP contribution in [0.1, 0.15) is 40.3 Å². The third-order valence-corrected chi connectivity index (χ3v) is 5.87. The summed E-state index contributed by atoms with van der Waals surface area (Å²) in [6.07, 6.45) is 9.27. The van der Waals surface area contributed by atoms with Crippen molar-refractivity contribution in [2.45, 2.75) is 18.9 Å². The van der Waals surface area contributed by atoms with Gasteiger partial charge in [-0.25, -0.2) is 9.99 Å². The molecule has 9 heteroatoms. The van der Waals surface area contributed by atoms with Crippen molar-refractivity contribution in [1.82, 2.24) is 15.0 Å². The van der Waals surface area contributed by atoms with Gasteiger partial charge >= 0.3 is 0 Å². The first-order chi connectivity index (χ1) is 17.4. The normalized spacial score (nSPS) is 14.5. The molecule has 2 heterocycles. The van der Waals surface area contributed by atoms with Crippen molar-refractivity contribution >= 4 is 30.0 Å². The summed E-state index contributed by atoms with van der Waals surface area (Å²) in [4.78, 5) is 21.3. The number of amides is 1. The molecule has 0 saturated carbocycles. The summed E-state index contributed by atoms with van der Waals surface area (Å²) in [6.45, 7) is 3.85. The van der Waals surface area contributed by atoms with Crippen LogP contribution < -0.4 is 20.9 Å².